The molecule has 0 radical (unpaired) electrons. The number of nitrogens with one attached hydrogen (secondary N) is 1. The summed E-state index contributed by atoms with van der Waals surface area (Å²) in [7, 11) is 0. The van der Waals surface area contributed by atoms with Crippen LogP contribution in [0.25, 0.3) is 5.65 Å². The van der Waals surface area contributed by atoms with Crippen LogP contribution in [0.5, 0.6) is 0 Å². The van der Waals surface area contributed by atoms with Gasteiger partial charge in [0, 0.05) is 11.9 Å². The molecule has 108 valence electrons. The number of carboxylic acids is 1. The number of fused-ring (bicyclic) bond motifs is 1. The normalized spacial score (nSPS) is 14.3. The molecule has 2 rings (SSSR count). The molecule has 0 saturated carbocycles. The molecule has 0 fully saturated rings. The highest BCUT2D eigenvalue weighted by atomic mass is 32.2. The smallest absolute Gasteiger partial charge is 0.324 e. The average molecular weight is 294 g/mol. The Labute approximate surface area is 121 Å². The number of rotatable bonds is 7. The van der Waals surface area contributed by atoms with E-state index in [1.54, 1.807) is 6.92 Å². The van der Waals surface area contributed by atoms with E-state index in [2.05, 4.69) is 15.5 Å². The first-order valence-electron chi connectivity index (χ1n) is 6.48. The molecular weight excluding hydrogens is 276 g/mol. The van der Waals surface area contributed by atoms with Gasteiger partial charge in [-0.2, -0.15) is 0 Å². The van der Waals surface area contributed by atoms with Crippen molar-refractivity contribution in [3.05, 3.63) is 24.4 Å². The predicted molar refractivity (Wildman–Crippen MR) is 78.0 cm³/mol. The first-order chi connectivity index (χ1) is 9.57. The molecule has 2 heterocycles. The summed E-state index contributed by atoms with van der Waals surface area (Å²) in [4.78, 5) is 11.4. The highest BCUT2D eigenvalue weighted by Gasteiger charge is 2.32. The molecule has 0 aliphatic heterocycles. The third-order valence-electron chi connectivity index (χ3n) is 3.01. The van der Waals surface area contributed by atoms with Crippen LogP contribution in [0.15, 0.2) is 29.6 Å². The molecule has 2 aromatic heterocycles. The van der Waals surface area contributed by atoms with Gasteiger partial charge >= 0.3 is 5.97 Å². The van der Waals surface area contributed by atoms with E-state index in [1.165, 1.54) is 11.8 Å². The molecule has 2 N–H and O–H groups in total. The molecule has 0 spiro atoms. The number of thioether (sulfide) groups is 1. The van der Waals surface area contributed by atoms with Crippen LogP contribution in [0.3, 0.4) is 0 Å². The Morgan fingerprint density at radius 1 is 1.50 bits per heavy atom. The number of carboxylic acid groups (broad SMARTS) is 1. The molecule has 0 aromatic carbocycles. The van der Waals surface area contributed by atoms with Crippen molar-refractivity contribution in [3.63, 3.8) is 0 Å². The minimum Gasteiger partial charge on any atom is -0.480 e. The van der Waals surface area contributed by atoms with Crippen molar-refractivity contribution in [1.82, 2.24) is 19.9 Å². The highest BCUT2D eigenvalue weighted by Crippen LogP contribution is 2.22. The molecule has 7 heteroatoms. The topological polar surface area (TPSA) is 79.5 Å². The van der Waals surface area contributed by atoms with E-state index >= 15 is 0 Å². The van der Waals surface area contributed by atoms with Crippen molar-refractivity contribution < 1.29 is 9.90 Å². The van der Waals surface area contributed by atoms with E-state index in [1.807, 2.05) is 35.7 Å². The maximum Gasteiger partial charge on any atom is 0.324 e. The first-order valence-corrected chi connectivity index (χ1v) is 7.46. The van der Waals surface area contributed by atoms with Gasteiger partial charge in [-0.05, 0) is 32.0 Å². The van der Waals surface area contributed by atoms with Crippen LogP contribution in [0.1, 0.15) is 20.3 Å². The van der Waals surface area contributed by atoms with Crippen molar-refractivity contribution in [1.29, 1.82) is 0 Å². The Kier molecular flexibility index (Phi) is 4.61. The van der Waals surface area contributed by atoms with E-state index in [0.717, 1.165) is 12.1 Å². The molecule has 1 unspecified atom stereocenters. The van der Waals surface area contributed by atoms with Crippen LogP contribution in [0.4, 0.5) is 0 Å². The lowest BCUT2D eigenvalue weighted by atomic mass is 10.1. The van der Waals surface area contributed by atoms with E-state index in [0.29, 0.717) is 17.5 Å². The summed E-state index contributed by atoms with van der Waals surface area (Å²) in [5.74, 6) is -0.467. The third-order valence-corrected chi connectivity index (χ3v) is 4.27. The predicted octanol–water partition coefficient (Wildman–Crippen LogP) is 1.66. The number of aromatic nitrogens is 3. The number of pyridine rings is 1. The Balaban J connectivity index is 2.11. The molecule has 2 aromatic rings. The van der Waals surface area contributed by atoms with Gasteiger partial charge in [0.15, 0.2) is 10.8 Å². The van der Waals surface area contributed by atoms with Crippen LogP contribution in [0.2, 0.25) is 0 Å². The fourth-order valence-electron chi connectivity index (χ4n) is 1.72. The maximum absolute atomic E-state index is 11.4. The molecule has 0 bridgehead atoms. The van der Waals surface area contributed by atoms with E-state index < -0.39 is 11.5 Å². The standard InChI is InChI=1S/C13H18N4O2S/c1-3-7-14-13(2,11(18)19)9-20-12-16-15-10-6-4-5-8-17(10)12/h4-6,8,14H,3,7,9H2,1-2H3,(H,18,19). The molecule has 20 heavy (non-hydrogen) atoms. The quantitative estimate of drug-likeness (QED) is 0.756. The minimum absolute atomic E-state index is 0.387. The first kappa shape index (κ1) is 14.8. The number of hydrogen-bond acceptors (Lipinski definition) is 5. The zero-order valence-electron chi connectivity index (χ0n) is 11.5. The monoisotopic (exact) mass is 294 g/mol. The van der Waals surface area contributed by atoms with Gasteiger partial charge in [0.05, 0.1) is 0 Å². The van der Waals surface area contributed by atoms with Gasteiger partial charge in [-0.15, -0.1) is 10.2 Å². The fraction of sp³-hybridized carbons (Fsp3) is 0.462. The van der Waals surface area contributed by atoms with Crippen molar-refractivity contribution in [2.24, 2.45) is 0 Å². The summed E-state index contributed by atoms with van der Waals surface area (Å²) in [6.07, 6.45) is 2.76. The Bertz CT molecular complexity index is 601. The van der Waals surface area contributed by atoms with Crippen LogP contribution in [0, 0.1) is 0 Å². The molecular formula is C13H18N4O2S. The number of carbonyl (C=O) groups is 1. The number of nitrogens with zero attached hydrogens (tertiary/aromatic N) is 3. The molecule has 0 aliphatic rings. The largest absolute Gasteiger partial charge is 0.480 e. The SMILES string of the molecule is CCCNC(C)(CSc1nnc2ccccn12)C(=O)O. The number of hydrogen-bond donors (Lipinski definition) is 2. The van der Waals surface area contributed by atoms with Crippen molar-refractivity contribution >= 4 is 23.4 Å². The molecule has 6 nitrogen and oxygen atoms in total. The summed E-state index contributed by atoms with van der Waals surface area (Å²) in [6, 6.07) is 5.65. The van der Waals surface area contributed by atoms with E-state index in [-0.39, 0.29) is 0 Å². The van der Waals surface area contributed by atoms with Crippen molar-refractivity contribution in [2.45, 2.75) is 31.0 Å². The second-order valence-corrected chi connectivity index (χ2v) is 5.71. The molecule has 0 amide bonds. The van der Waals surface area contributed by atoms with Gasteiger partial charge in [-0.25, -0.2) is 0 Å². The van der Waals surface area contributed by atoms with E-state index in [9.17, 15) is 9.90 Å². The Morgan fingerprint density at radius 3 is 3.00 bits per heavy atom. The minimum atomic E-state index is -0.971. The average Bonchev–Trinajstić information content (AvgIpc) is 2.86. The molecule has 1 atom stereocenters. The second-order valence-electron chi connectivity index (χ2n) is 4.76. The van der Waals surface area contributed by atoms with Crippen LogP contribution >= 0.6 is 11.8 Å². The van der Waals surface area contributed by atoms with Crippen LogP contribution < -0.4 is 5.32 Å². The van der Waals surface area contributed by atoms with Gasteiger partial charge in [0.1, 0.15) is 5.54 Å². The number of aliphatic carboxylic acids is 1. The summed E-state index contributed by atoms with van der Waals surface area (Å²) >= 11 is 1.39. The van der Waals surface area contributed by atoms with Gasteiger partial charge in [-0.1, -0.05) is 24.8 Å². The zero-order chi connectivity index (χ0) is 14.6. The van der Waals surface area contributed by atoms with Crippen LogP contribution in [-0.4, -0.2) is 43.5 Å². The Hall–Kier alpha value is -1.60. The van der Waals surface area contributed by atoms with Gasteiger partial charge in [0.25, 0.3) is 0 Å². The molecule has 0 aliphatic carbocycles. The zero-order valence-corrected chi connectivity index (χ0v) is 12.4. The van der Waals surface area contributed by atoms with Gasteiger partial charge < -0.3 is 10.4 Å². The lowest BCUT2D eigenvalue weighted by molar-refractivity contribution is -0.143. The van der Waals surface area contributed by atoms with Crippen molar-refractivity contribution in [2.75, 3.05) is 12.3 Å². The summed E-state index contributed by atoms with van der Waals surface area (Å²) in [6.45, 7) is 4.37. The van der Waals surface area contributed by atoms with Gasteiger partial charge in [-0.3, -0.25) is 9.20 Å². The maximum atomic E-state index is 11.4. The van der Waals surface area contributed by atoms with E-state index in [4.69, 9.17) is 0 Å². The van der Waals surface area contributed by atoms with Gasteiger partial charge in [0.2, 0.25) is 0 Å². The van der Waals surface area contributed by atoms with Crippen molar-refractivity contribution in [3.8, 4) is 0 Å². The highest BCUT2D eigenvalue weighted by molar-refractivity contribution is 7.99. The second kappa shape index (κ2) is 6.23. The third kappa shape index (κ3) is 3.10. The molecule has 0 saturated heterocycles. The lowest BCUT2D eigenvalue weighted by Gasteiger charge is -2.25. The fourth-order valence-corrected chi connectivity index (χ4v) is 2.75. The summed E-state index contributed by atoms with van der Waals surface area (Å²) in [5, 5.41) is 21.3. The summed E-state index contributed by atoms with van der Waals surface area (Å²) < 4.78 is 1.85. The van der Waals surface area contributed by atoms with Crippen LogP contribution in [-0.2, 0) is 4.79 Å². The Morgan fingerprint density at radius 2 is 2.30 bits per heavy atom. The lowest BCUT2D eigenvalue weighted by Crippen LogP contribution is -2.52. The summed E-state index contributed by atoms with van der Waals surface area (Å²) in [5.41, 5.74) is -0.213.